The molecule has 120 valence electrons. The Morgan fingerprint density at radius 1 is 1.10 bits per heavy atom. The van der Waals surface area contributed by atoms with Crippen LogP contribution in [0.5, 0.6) is 0 Å². The van der Waals surface area contributed by atoms with Gasteiger partial charge in [0.05, 0.1) is 0 Å². The first kappa shape index (κ1) is 20.2. The lowest BCUT2D eigenvalue weighted by atomic mass is 9.77. The van der Waals surface area contributed by atoms with Crippen molar-refractivity contribution in [1.82, 2.24) is 0 Å². The minimum Gasteiger partial charge on any atom is -0.324 e. The van der Waals surface area contributed by atoms with Crippen LogP contribution in [0.2, 0.25) is 0 Å². The van der Waals surface area contributed by atoms with E-state index in [1.165, 1.54) is 44.1 Å². The summed E-state index contributed by atoms with van der Waals surface area (Å²) in [6, 6.07) is 8.58. The molecule has 0 radical (unpaired) electrons. The van der Waals surface area contributed by atoms with Crippen LogP contribution in [0.25, 0.3) is 6.08 Å². The van der Waals surface area contributed by atoms with Gasteiger partial charge in [0.15, 0.2) is 0 Å². The van der Waals surface area contributed by atoms with E-state index in [-0.39, 0.29) is 23.9 Å². The SMILES string of the molecule is C=Cc1ccc(C(N)C(C)(C)CCCCCCC)cc1.Cl. The van der Waals surface area contributed by atoms with Gasteiger partial charge in [0.2, 0.25) is 0 Å². The first-order chi connectivity index (χ1) is 9.51. The molecule has 0 spiro atoms. The fourth-order valence-electron chi connectivity index (χ4n) is 2.63. The van der Waals surface area contributed by atoms with Gasteiger partial charge in [-0.25, -0.2) is 0 Å². The fourth-order valence-corrected chi connectivity index (χ4v) is 2.63. The van der Waals surface area contributed by atoms with E-state index in [1.54, 1.807) is 0 Å². The fraction of sp³-hybridized carbons (Fsp3) is 0.579. The van der Waals surface area contributed by atoms with Gasteiger partial charge in [-0.15, -0.1) is 12.4 Å². The van der Waals surface area contributed by atoms with E-state index in [4.69, 9.17) is 5.73 Å². The highest BCUT2D eigenvalue weighted by Gasteiger charge is 2.26. The van der Waals surface area contributed by atoms with Gasteiger partial charge in [-0.3, -0.25) is 0 Å². The van der Waals surface area contributed by atoms with Crippen LogP contribution < -0.4 is 5.73 Å². The van der Waals surface area contributed by atoms with Crippen LogP contribution in [0, 0.1) is 5.41 Å². The highest BCUT2D eigenvalue weighted by molar-refractivity contribution is 5.85. The van der Waals surface area contributed by atoms with Crippen molar-refractivity contribution in [1.29, 1.82) is 0 Å². The van der Waals surface area contributed by atoms with Crippen molar-refractivity contribution >= 4 is 18.5 Å². The van der Waals surface area contributed by atoms with Crippen LogP contribution in [0.1, 0.15) is 76.5 Å². The largest absolute Gasteiger partial charge is 0.324 e. The lowest BCUT2D eigenvalue weighted by molar-refractivity contribution is 0.255. The Balaban J connectivity index is 0.00000400. The third-order valence-electron chi connectivity index (χ3n) is 4.30. The molecule has 0 aliphatic rings. The van der Waals surface area contributed by atoms with Crippen molar-refractivity contribution in [3.63, 3.8) is 0 Å². The summed E-state index contributed by atoms with van der Waals surface area (Å²) >= 11 is 0. The predicted octanol–water partition coefficient (Wildman–Crippen LogP) is 6.14. The van der Waals surface area contributed by atoms with Crippen LogP contribution in [0.15, 0.2) is 30.8 Å². The number of benzene rings is 1. The summed E-state index contributed by atoms with van der Waals surface area (Å²) in [4.78, 5) is 0. The summed E-state index contributed by atoms with van der Waals surface area (Å²) in [5.74, 6) is 0. The topological polar surface area (TPSA) is 26.0 Å². The molecule has 1 unspecified atom stereocenters. The quantitative estimate of drug-likeness (QED) is 0.545. The average Bonchev–Trinajstić information content (AvgIpc) is 2.46. The highest BCUT2D eigenvalue weighted by atomic mass is 35.5. The summed E-state index contributed by atoms with van der Waals surface area (Å²) in [6.45, 7) is 10.6. The maximum atomic E-state index is 6.48. The van der Waals surface area contributed by atoms with Crippen LogP contribution in [0.4, 0.5) is 0 Å². The van der Waals surface area contributed by atoms with Crippen molar-refractivity contribution in [3.8, 4) is 0 Å². The molecule has 1 nitrogen and oxygen atoms in total. The molecule has 0 bridgehead atoms. The maximum absolute atomic E-state index is 6.48. The van der Waals surface area contributed by atoms with E-state index in [9.17, 15) is 0 Å². The third-order valence-corrected chi connectivity index (χ3v) is 4.30. The summed E-state index contributed by atoms with van der Waals surface area (Å²) in [5.41, 5.74) is 9.02. The molecule has 1 aromatic rings. The standard InChI is InChI=1S/C19H31N.ClH/c1-5-7-8-9-10-15-19(3,4)18(20)17-13-11-16(6-2)12-14-17;/h6,11-14,18H,2,5,7-10,15,20H2,1,3-4H3;1H. The Morgan fingerprint density at radius 3 is 2.19 bits per heavy atom. The van der Waals surface area contributed by atoms with E-state index >= 15 is 0 Å². The Labute approximate surface area is 137 Å². The number of halogens is 1. The zero-order valence-electron chi connectivity index (χ0n) is 13.9. The molecule has 0 fully saturated rings. The minimum absolute atomic E-state index is 0. The van der Waals surface area contributed by atoms with Gasteiger partial charge in [-0.1, -0.05) is 89.8 Å². The zero-order valence-corrected chi connectivity index (χ0v) is 14.7. The van der Waals surface area contributed by atoms with E-state index in [0.717, 1.165) is 5.56 Å². The molecule has 2 heteroatoms. The Kier molecular flexibility index (Phi) is 9.65. The number of hydrogen-bond donors (Lipinski definition) is 1. The van der Waals surface area contributed by atoms with Crippen molar-refractivity contribution in [2.75, 3.05) is 0 Å². The first-order valence-corrected chi connectivity index (χ1v) is 7.99. The smallest absolute Gasteiger partial charge is 0.0346 e. The van der Waals surface area contributed by atoms with Gasteiger partial charge in [0.25, 0.3) is 0 Å². The molecular formula is C19H32ClN. The molecule has 0 saturated carbocycles. The Morgan fingerprint density at radius 2 is 1.67 bits per heavy atom. The monoisotopic (exact) mass is 309 g/mol. The minimum atomic E-state index is 0. The van der Waals surface area contributed by atoms with Crippen molar-refractivity contribution in [2.24, 2.45) is 11.1 Å². The number of rotatable bonds is 9. The summed E-state index contributed by atoms with van der Waals surface area (Å²) in [6.07, 6.45) is 9.70. The molecule has 0 aliphatic carbocycles. The summed E-state index contributed by atoms with van der Waals surface area (Å²) in [5, 5.41) is 0. The predicted molar refractivity (Wildman–Crippen MR) is 97.9 cm³/mol. The van der Waals surface area contributed by atoms with Gasteiger partial charge in [-0.2, -0.15) is 0 Å². The Hall–Kier alpha value is -0.790. The normalized spacial score (nSPS) is 12.6. The third kappa shape index (κ3) is 6.67. The molecule has 0 saturated heterocycles. The van der Waals surface area contributed by atoms with Gasteiger partial charge < -0.3 is 5.73 Å². The van der Waals surface area contributed by atoms with E-state index in [1.807, 2.05) is 6.08 Å². The molecular weight excluding hydrogens is 278 g/mol. The van der Waals surface area contributed by atoms with E-state index in [2.05, 4.69) is 51.6 Å². The lowest BCUT2D eigenvalue weighted by Crippen LogP contribution is -2.29. The Bertz CT molecular complexity index is 395. The highest BCUT2D eigenvalue weighted by Crippen LogP contribution is 2.36. The number of hydrogen-bond acceptors (Lipinski definition) is 1. The first-order valence-electron chi connectivity index (χ1n) is 7.99. The van der Waals surface area contributed by atoms with Crippen LogP contribution in [-0.4, -0.2) is 0 Å². The van der Waals surface area contributed by atoms with Crippen molar-refractivity contribution < 1.29 is 0 Å². The number of nitrogens with two attached hydrogens (primary N) is 1. The molecule has 21 heavy (non-hydrogen) atoms. The molecule has 2 N–H and O–H groups in total. The molecule has 1 aromatic carbocycles. The van der Waals surface area contributed by atoms with Gasteiger partial charge >= 0.3 is 0 Å². The summed E-state index contributed by atoms with van der Waals surface area (Å²) in [7, 11) is 0. The molecule has 1 atom stereocenters. The van der Waals surface area contributed by atoms with Crippen LogP contribution in [-0.2, 0) is 0 Å². The molecule has 1 rings (SSSR count). The molecule has 0 aliphatic heterocycles. The second kappa shape index (κ2) is 10.0. The zero-order chi connectivity index (χ0) is 15.0. The molecule has 0 amide bonds. The average molecular weight is 310 g/mol. The molecule has 0 aromatic heterocycles. The summed E-state index contributed by atoms with van der Waals surface area (Å²) < 4.78 is 0. The van der Waals surface area contributed by atoms with Crippen molar-refractivity contribution in [2.45, 2.75) is 65.3 Å². The molecule has 0 heterocycles. The lowest BCUT2D eigenvalue weighted by Gasteiger charge is -2.32. The van der Waals surface area contributed by atoms with Crippen LogP contribution >= 0.6 is 12.4 Å². The maximum Gasteiger partial charge on any atom is 0.0346 e. The van der Waals surface area contributed by atoms with E-state index < -0.39 is 0 Å². The van der Waals surface area contributed by atoms with Gasteiger partial charge in [0.1, 0.15) is 0 Å². The van der Waals surface area contributed by atoms with E-state index in [0.29, 0.717) is 0 Å². The van der Waals surface area contributed by atoms with Crippen LogP contribution in [0.3, 0.4) is 0 Å². The second-order valence-electron chi connectivity index (χ2n) is 6.50. The van der Waals surface area contributed by atoms with Gasteiger partial charge in [0, 0.05) is 6.04 Å². The van der Waals surface area contributed by atoms with Gasteiger partial charge in [-0.05, 0) is 23.0 Å². The second-order valence-corrected chi connectivity index (χ2v) is 6.50. The number of unbranched alkanes of at least 4 members (excludes halogenated alkanes) is 4. The van der Waals surface area contributed by atoms with Crippen molar-refractivity contribution in [3.05, 3.63) is 42.0 Å².